The van der Waals surface area contributed by atoms with Crippen molar-refractivity contribution >= 4 is 29.2 Å². The van der Waals surface area contributed by atoms with Crippen LogP contribution in [-0.2, 0) is 9.59 Å². The van der Waals surface area contributed by atoms with E-state index in [1.807, 2.05) is 17.1 Å². The molecule has 0 spiro atoms. The van der Waals surface area contributed by atoms with Crippen LogP contribution in [0.2, 0.25) is 0 Å². The fourth-order valence-electron chi connectivity index (χ4n) is 5.01. The first-order valence-corrected chi connectivity index (χ1v) is 11.9. The average Bonchev–Trinajstić information content (AvgIpc) is 3.17. The molecule has 35 heavy (non-hydrogen) atoms. The maximum Gasteiger partial charge on any atom is 0.253 e. The number of aromatic nitrogens is 1. The number of rotatable bonds is 3. The summed E-state index contributed by atoms with van der Waals surface area (Å²) in [5.41, 5.74) is 4.17. The highest BCUT2D eigenvalue weighted by molar-refractivity contribution is 6.05. The van der Waals surface area contributed by atoms with Gasteiger partial charge in [0.2, 0.25) is 11.8 Å². The summed E-state index contributed by atoms with van der Waals surface area (Å²) in [6, 6.07) is 12.5. The molecule has 9 heteroatoms. The second-order valence-electron chi connectivity index (χ2n) is 8.98. The van der Waals surface area contributed by atoms with Crippen molar-refractivity contribution in [2.45, 2.75) is 19.3 Å². The third-order valence-electron chi connectivity index (χ3n) is 6.87. The van der Waals surface area contributed by atoms with E-state index in [0.717, 1.165) is 6.42 Å². The number of pyridine rings is 1. The maximum atomic E-state index is 13.4. The Labute approximate surface area is 203 Å². The second kappa shape index (κ2) is 9.58. The molecule has 3 heterocycles. The summed E-state index contributed by atoms with van der Waals surface area (Å²) in [7, 11) is 0. The number of nitrogens with zero attached hydrogens (tertiary/aromatic N) is 5. The van der Waals surface area contributed by atoms with Crippen LogP contribution in [0.5, 0.6) is 0 Å². The van der Waals surface area contributed by atoms with E-state index in [4.69, 9.17) is 0 Å². The molecule has 3 amide bonds. The van der Waals surface area contributed by atoms with Crippen LogP contribution in [0.3, 0.4) is 0 Å². The number of hydrazine groups is 1. The largest absolute Gasteiger partial charge is 0.354 e. The second-order valence-corrected chi connectivity index (χ2v) is 8.98. The average molecular weight is 471 g/mol. The highest BCUT2D eigenvalue weighted by Crippen LogP contribution is 2.32. The molecule has 5 rings (SSSR count). The topological polar surface area (TPSA) is 110 Å². The van der Waals surface area contributed by atoms with Gasteiger partial charge in [0.25, 0.3) is 5.91 Å². The Balaban J connectivity index is 1.31. The van der Waals surface area contributed by atoms with Crippen LogP contribution in [0.25, 0.3) is 0 Å². The molecule has 0 bridgehead atoms. The number of nitrogens with one attached hydrogen (secondary N) is 1. The van der Waals surface area contributed by atoms with E-state index in [0.29, 0.717) is 61.7 Å². The Morgan fingerprint density at radius 1 is 1.03 bits per heavy atom. The predicted octanol–water partition coefficient (Wildman–Crippen LogP) is 2.27. The number of hydrogen-bond acceptors (Lipinski definition) is 6. The van der Waals surface area contributed by atoms with Gasteiger partial charge in [-0.15, -0.1) is 0 Å². The van der Waals surface area contributed by atoms with Gasteiger partial charge in [0.15, 0.2) is 0 Å². The van der Waals surface area contributed by atoms with Gasteiger partial charge in [-0.1, -0.05) is 18.2 Å². The van der Waals surface area contributed by atoms with Gasteiger partial charge in [-0.3, -0.25) is 19.8 Å². The van der Waals surface area contributed by atoms with Crippen molar-refractivity contribution < 1.29 is 14.4 Å². The molecule has 0 radical (unpaired) electrons. The van der Waals surface area contributed by atoms with Gasteiger partial charge in [-0.2, -0.15) is 5.26 Å². The van der Waals surface area contributed by atoms with Crippen molar-refractivity contribution in [3.05, 3.63) is 65.9 Å². The van der Waals surface area contributed by atoms with Crippen LogP contribution in [-0.4, -0.2) is 53.8 Å². The molecule has 2 aliphatic heterocycles. The summed E-state index contributed by atoms with van der Waals surface area (Å²) in [6.07, 6.45) is 7.41. The van der Waals surface area contributed by atoms with Crippen LogP contribution in [0.1, 0.15) is 35.2 Å². The van der Waals surface area contributed by atoms with Gasteiger partial charge in [-0.25, -0.2) is 9.99 Å². The molecule has 2 saturated heterocycles. The zero-order valence-electron chi connectivity index (χ0n) is 19.3. The highest BCUT2D eigenvalue weighted by atomic mass is 16.2. The SMILES string of the molecule is N#Cc1cccnc1N1CCCN(C(=O)c2cccc(N3NC(=O)C4CC=CCC4C3=O)c2)CC1. The number of carbonyl (C=O) groups excluding carboxylic acids is 3. The first-order chi connectivity index (χ1) is 17.1. The molecule has 0 saturated carbocycles. The normalized spacial score (nSPS) is 22.2. The molecular formula is C26H26N6O3. The van der Waals surface area contributed by atoms with Crippen molar-refractivity contribution in [3.8, 4) is 6.07 Å². The van der Waals surface area contributed by atoms with Crippen LogP contribution in [0.15, 0.2) is 54.7 Å². The lowest BCUT2D eigenvalue weighted by atomic mass is 9.80. The Kier molecular flexibility index (Phi) is 6.19. The van der Waals surface area contributed by atoms with Gasteiger partial charge in [0, 0.05) is 37.9 Å². The Bertz CT molecular complexity index is 1240. The molecule has 1 aromatic carbocycles. The summed E-state index contributed by atoms with van der Waals surface area (Å²) in [5.74, 6) is -0.540. The molecule has 3 aliphatic rings. The number of hydrogen-bond donors (Lipinski definition) is 1. The minimum atomic E-state index is -0.380. The number of carbonyl (C=O) groups is 3. The Hall–Kier alpha value is -4.19. The monoisotopic (exact) mass is 470 g/mol. The number of nitriles is 1. The third-order valence-corrected chi connectivity index (χ3v) is 6.87. The number of amides is 3. The van der Waals surface area contributed by atoms with E-state index in [1.165, 1.54) is 5.01 Å². The van der Waals surface area contributed by atoms with E-state index in [9.17, 15) is 19.6 Å². The van der Waals surface area contributed by atoms with Gasteiger partial charge >= 0.3 is 0 Å². The number of fused-ring (bicyclic) bond motifs is 1. The number of anilines is 2. The maximum absolute atomic E-state index is 13.4. The van der Waals surface area contributed by atoms with Crippen LogP contribution >= 0.6 is 0 Å². The van der Waals surface area contributed by atoms with E-state index < -0.39 is 0 Å². The van der Waals surface area contributed by atoms with Gasteiger partial charge in [-0.05, 0) is 49.6 Å². The Morgan fingerprint density at radius 2 is 1.86 bits per heavy atom. The summed E-state index contributed by atoms with van der Waals surface area (Å²) < 4.78 is 0. The molecule has 1 aliphatic carbocycles. The first-order valence-electron chi connectivity index (χ1n) is 11.9. The van der Waals surface area contributed by atoms with Gasteiger partial charge in [0.05, 0.1) is 23.1 Å². The minimum Gasteiger partial charge on any atom is -0.354 e. The van der Waals surface area contributed by atoms with Gasteiger partial charge < -0.3 is 9.80 Å². The highest BCUT2D eigenvalue weighted by Gasteiger charge is 2.42. The summed E-state index contributed by atoms with van der Waals surface area (Å²) in [6.45, 7) is 2.32. The lowest BCUT2D eigenvalue weighted by molar-refractivity contribution is -0.139. The molecule has 2 unspecified atom stereocenters. The standard InChI is InChI=1S/C26H26N6O3/c27-17-19-7-4-11-28-23(19)30-12-5-13-31(15-14-30)25(34)18-6-3-8-20(16-18)32-26(35)22-10-2-1-9-21(22)24(33)29-32/h1-4,6-8,11,16,21-22H,5,9-10,12-15H2,(H,29,33). The van der Waals surface area contributed by atoms with Crippen LogP contribution in [0.4, 0.5) is 11.5 Å². The molecule has 2 atom stereocenters. The van der Waals surface area contributed by atoms with E-state index >= 15 is 0 Å². The van der Waals surface area contributed by atoms with Crippen LogP contribution < -0.4 is 15.3 Å². The predicted molar refractivity (Wildman–Crippen MR) is 129 cm³/mol. The molecule has 1 aromatic heterocycles. The van der Waals surface area contributed by atoms with Crippen LogP contribution in [0, 0.1) is 23.2 Å². The smallest absolute Gasteiger partial charge is 0.253 e. The fourth-order valence-corrected chi connectivity index (χ4v) is 5.01. The fraction of sp³-hybridized carbons (Fsp3) is 0.346. The number of benzene rings is 1. The molecule has 178 valence electrons. The minimum absolute atomic E-state index is 0.135. The van der Waals surface area contributed by atoms with Crippen molar-refractivity contribution in [1.82, 2.24) is 15.3 Å². The summed E-state index contributed by atoms with van der Waals surface area (Å²) in [4.78, 5) is 47.3. The summed E-state index contributed by atoms with van der Waals surface area (Å²) >= 11 is 0. The van der Waals surface area contributed by atoms with Crippen molar-refractivity contribution in [2.75, 3.05) is 36.1 Å². The van der Waals surface area contributed by atoms with Crippen molar-refractivity contribution in [1.29, 1.82) is 5.26 Å². The zero-order chi connectivity index (χ0) is 24.4. The molecule has 1 N–H and O–H groups in total. The molecule has 2 aromatic rings. The number of allylic oxidation sites excluding steroid dienone is 2. The van der Waals surface area contributed by atoms with Crippen molar-refractivity contribution in [2.24, 2.45) is 11.8 Å². The zero-order valence-corrected chi connectivity index (χ0v) is 19.3. The van der Waals surface area contributed by atoms with Gasteiger partial charge in [0.1, 0.15) is 11.9 Å². The molecule has 9 nitrogen and oxygen atoms in total. The molecule has 2 fully saturated rings. The Morgan fingerprint density at radius 3 is 2.69 bits per heavy atom. The van der Waals surface area contributed by atoms with Crippen molar-refractivity contribution in [3.63, 3.8) is 0 Å². The lowest BCUT2D eigenvalue weighted by Crippen LogP contribution is -2.59. The molecular weight excluding hydrogens is 444 g/mol. The third kappa shape index (κ3) is 4.35. The quantitative estimate of drug-likeness (QED) is 0.690. The first kappa shape index (κ1) is 22.6. The van der Waals surface area contributed by atoms with E-state index in [1.54, 1.807) is 47.5 Å². The lowest BCUT2D eigenvalue weighted by Gasteiger charge is -2.38. The summed E-state index contributed by atoms with van der Waals surface area (Å²) in [5, 5.41) is 10.7. The van der Waals surface area contributed by atoms with E-state index in [2.05, 4.69) is 16.5 Å². The van der Waals surface area contributed by atoms with E-state index in [-0.39, 0.29) is 29.6 Å².